The minimum absolute atomic E-state index is 0.0632. The number of hydrogen-bond acceptors (Lipinski definition) is 3. The molecule has 4 nitrogen and oxygen atoms in total. The lowest BCUT2D eigenvalue weighted by atomic mass is 10.2. The van der Waals surface area contributed by atoms with Crippen molar-refractivity contribution >= 4 is 10.0 Å². The quantitative estimate of drug-likeness (QED) is 0.802. The van der Waals surface area contributed by atoms with E-state index in [0.717, 1.165) is 18.4 Å². The van der Waals surface area contributed by atoms with Gasteiger partial charge >= 0.3 is 0 Å². The van der Waals surface area contributed by atoms with Crippen molar-refractivity contribution in [3.05, 3.63) is 29.8 Å². The molecule has 3 N–H and O–H groups in total. The molecule has 0 saturated carbocycles. The van der Waals surface area contributed by atoms with E-state index in [4.69, 9.17) is 5.73 Å². The Labute approximate surface area is 115 Å². The molecular weight excluding hydrogens is 260 g/mol. The van der Waals surface area contributed by atoms with Gasteiger partial charge in [-0.3, -0.25) is 0 Å². The van der Waals surface area contributed by atoms with Gasteiger partial charge < -0.3 is 5.73 Å². The van der Waals surface area contributed by atoms with Crippen LogP contribution in [0.5, 0.6) is 0 Å². The van der Waals surface area contributed by atoms with Gasteiger partial charge in [0, 0.05) is 11.6 Å². The molecule has 0 bridgehead atoms. The first-order valence-electron chi connectivity index (χ1n) is 6.31. The summed E-state index contributed by atoms with van der Waals surface area (Å²) in [6.45, 7) is 4.17. The molecule has 0 spiro atoms. The lowest BCUT2D eigenvalue weighted by molar-refractivity contribution is 0.544. The summed E-state index contributed by atoms with van der Waals surface area (Å²) >= 11 is 0. The number of nitrogens with two attached hydrogens (primary N) is 1. The van der Waals surface area contributed by atoms with Crippen molar-refractivity contribution in [3.8, 4) is 11.8 Å². The van der Waals surface area contributed by atoms with Gasteiger partial charge in [0.05, 0.1) is 11.4 Å². The zero-order valence-corrected chi connectivity index (χ0v) is 12.1. The second-order valence-corrected chi connectivity index (χ2v) is 6.06. The first-order valence-corrected chi connectivity index (χ1v) is 7.79. The van der Waals surface area contributed by atoms with Crippen LogP contribution in [0.2, 0.25) is 0 Å². The van der Waals surface area contributed by atoms with E-state index in [1.807, 2.05) is 13.8 Å². The van der Waals surface area contributed by atoms with Gasteiger partial charge in [-0.15, -0.1) is 0 Å². The molecule has 0 fully saturated rings. The molecule has 0 radical (unpaired) electrons. The van der Waals surface area contributed by atoms with Gasteiger partial charge in [-0.05, 0) is 37.6 Å². The van der Waals surface area contributed by atoms with Crippen LogP contribution >= 0.6 is 0 Å². The molecular formula is C14H20N2O2S. The van der Waals surface area contributed by atoms with Gasteiger partial charge in [-0.2, -0.15) is 0 Å². The Hall–Kier alpha value is -1.35. The van der Waals surface area contributed by atoms with Gasteiger partial charge in [0.15, 0.2) is 0 Å². The highest BCUT2D eigenvalue weighted by molar-refractivity contribution is 7.89. The van der Waals surface area contributed by atoms with Gasteiger partial charge in [0.25, 0.3) is 0 Å². The van der Waals surface area contributed by atoms with E-state index in [-0.39, 0.29) is 17.5 Å². The Balaban J connectivity index is 2.84. The fourth-order valence-electron chi connectivity index (χ4n) is 1.70. The van der Waals surface area contributed by atoms with E-state index in [1.54, 1.807) is 24.3 Å². The fraction of sp³-hybridized carbons (Fsp3) is 0.429. The summed E-state index contributed by atoms with van der Waals surface area (Å²) in [5, 5.41) is 0. The van der Waals surface area contributed by atoms with Crippen molar-refractivity contribution in [1.29, 1.82) is 0 Å². The molecule has 0 aliphatic heterocycles. The van der Waals surface area contributed by atoms with E-state index in [2.05, 4.69) is 16.6 Å². The highest BCUT2D eigenvalue weighted by Crippen LogP contribution is 2.11. The summed E-state index contributed by atoms with van der Waals surface area (Å²) < 4.78 is 26.8. The molecule has 1 atom stereocenters. The molecule has 0 saturated heterocycles. The molecule has 1 rings (SSSR count). The largest absolute Gasteiger partial charge is 0.320 e. The van der Waals surface area contributed by atoms with Crippen LogP contribution in [0.15, 0.2) is 29.2 Å². The first kappa shape index (κ1) is 15.7. The summed E-state index contributed by atoms with van der Waals surface area (Å²) in [5.41, 5.74) is 6.03. The first-order chi connectivity index (χ1) is 8.99. The molecule has 0 heterocycles. The van der Waals surface area contributed by atoms with Crippen LogP contribution in [0.1, 0.15) is 32.3 Å². The summed E-state index contributed by atoms with van der Waals surface area (Å²) in [7, 11) is -3.44. The highest BCUT2D eigenvalue weighted by Gasteiger charge is 2.16. The van der Waals surface area contributed by atoms with Crippen LogP contribution in [0.3, 0.4) is 0 Å². The summed E-state index contributed by atoms with van der Waals surface area (Å²) in [4.78, 5) is 0.258. The van der Waals surface area contributed by atoms with Gasteiger partial charge in [0.1, 0.15) is 0 Å². The summed E-state index contributed by atoms with van der Waals surface area (Å²) in [6, 6.07) is 6.42. The van der Waals surface area contributed by atoms with Crippen molar-refractivity contribution in [1.82, 2.24) is 4.72 Å². The zero-order valence-electron chi connectivity index (χ0n) is 11.3. The monoisotopic (exact) mass is 280 g/mol. The molecule has 1 aromatic rings. The average Bonchev–Trinajstić information content (AvgIpc) is 2.36. The topological polar surface area (TPSA) is 72.2 Å². The van der Waals surface area contributed by atoms with Crippen LogP contribution in [-0.4, -0.2) is 21.0 Å². The second-order valence-electron chi connectivity index (χ2n) is 4.34. The van der Waals surface area contributed by atoms with E-state index in [1.165, 1.54) is 0 Å². The summed E-state index contributed by atoms with van der Waals surface area (Å²) in [6.07, 6.45) is 1.76. The minimum Gasteiger partial charge on any atom is -0.320 e. The maximum Gasteiger partial charge on any atom is 0.240 e. The van der Waals surface area contributed by atoms with Crippen molar-refractivity contribution in [3.63, 3.8) is 0 Å². The van der Waals surface area contributed by atoms with Gasteiger partial charge in [-0.1, -0.05) is 25.2 Å². The van der Waals surface area contributed by atoms with Crippen molar-refractivity contribution in [2.75, 3.05) is 6.54 Å². The Morgan fingerprint density at radius 2 is 1.95 bits per heavy atom. The Morgan fingerprint density at radius 1 is 1.32 bits per heavy atom. The van der Waals surface area contributed by atoms with E-state index in [0.29, 0.717) is 0 Å². The maximum atomic E-state index is 12.1. The number of sulfonamides is 1. The normalized spacial score (nSPS) is 12.6. The Kier molecular flexibility index (Phi) is 6.03. The van der Waals surface area contributed by atoms with Crippen molar-refractivity contribution < 1.29 is 8.42 Å². The van der Waals surface area contributed by atoms with E-state index < -0.39 is 10.0 Å². The average molecular weight is 280 g/mol. The molecule has 0 aliphatic rings. The molecule has 0 aromatic heterocycles. The minimum atomic E-state index is -3.44. The van der Waals surface area contributed by atoms with Crippen LogP contribution in [0, 0.1) is 11.8 Å². The predicted molar refractivity (Wildman–Crippen MR) is 77.1 cm³/mol. The molecule has 104 valence electrons. The van der Waals surface area contributed by atoms with Crippen LogP contribution in [-0.2, 0) is 10.0 Å². The maximum absolute atomic E-state index is 12.1. The number of benzene rings is 1. The molecule has 19 heavy (non-hydrogen) atoms. The van der Waals surface area contributed by atoms with Crippen molar-refractivity contribution in [2.24, 2.45) is 5.73 Å². The lowest BCUT2D eigenvalue weighted by Crippen LogP contribution is -2.32. The fourth-order valence-corrected chi connectivity index (χ4v) is 2.97. The molecule has 1 aromatic carbocycles. The highest BCUT2D eigenvalue weighted by atomic mass is 32.2. The zero-order chi connectivity index (χ0) is 14.3. The smallest absolute Gasteiger partial charge is 0.240 e. The van der Waals surface area contributed by atoms with Crippen LogP contribution < -0.4 is 10.5 Å². The number of rotatable bonds is 5. The molecule has 0 amide bonds. The second kappa shape index (κ2) is 7.29. The van der Waals surface area contributed by atoms with Crippen LogP contribution in [0.25, 0.3) is 0 Å². The standard InChI is InChI=1S/C14H20N2O2S/c1-3-5-12(2)16-19(17,18)14-9-7-13(8-10-14)6-4-11-15/h7-10,12,16H,3,5,11,15H2,1-2H3. The predicted octanol–water partition coefficient (Wildman–Crippen LogP) is 1.46. The number of hydrogen-bond donors (Lipinski definition) is 2. The molecule has 5 heteroatoms. The third-order valence-corrected chi connectivity index (χ3v) is 4.18. The third kappa shape index (κ3) is 5.03. The molecule has 1 unspecified atom stereocenters. The van der Waals surface area contributed by atoms with Crippen LogP contribution in [0.4, 0.5) is 0 Å². The summed E-state index contributed by atoms with van der Waals surface area (Å²) in [5.74, 6) is 5.58. The SMILES string of the molecule is CCCC(C)NS(=O)(=O)c1ccc(C#CCN)cc1. The Bertz CT molecular complexity index is 553. The van der Waals surface area contributed by atoms with Gasteiger partial charge in [-0.25, -0.2) is 13.1 Å². The van der Waals surface area contributed by atoms with E-state index in [9.17, 15) is 8.42 Å². The lowest BCUT2D eigenvalue weighted by Gasteiger charge is -2.13. The third-order valence-electron chi connectivity index (χ3n) is 2.58. The van der Waals surface area contributed by atoms with Crippen molar-refractivity contribution in [2.45, 2.75) is 37.6 Å². The number of nitrogens with one attached hydrogen (secondary N) is 1. The van der Waals surface area contributed by atoms with Gasteiger partial charge in [0.2, 0.25) is 10.0 Å². The molecule has 0 aliphatic carbocycles. The van der Waals surface area contributed by atoms with E-state index >= 15 is 0 Å². The Morgan fingerprint density at radius 3 is 2.47 bits per heavy atom.